The molecule has 3 N–H and O–H groups in total. The van der Waals surface area contributed by atoms with Gasteiger partial charge < -0.3 is 20.5 Å². The normalized spacial score (nSPS) is 10.9. The lowest BCUT2D eigenvalue weighted by atomic mass is 10.0. The molecule has 0 aliphatic heterocycles. The van der Waals surface area contributed by atoms with Crippen LogP contribution in [0.3, 0.4) is 0 Å². The van der Waals surface area contributed by atoms with Crippen LogP contribution in [0.2, 0.25) is 0 Å². The molecular weight excluding hydrogens is 447 g/mol. The molecule has 0 aliphatic carbocycles. The van der Waals surface area contributed by atoms with Crippen molar-refractivity contribution in [2.75, 3.05) is 23.0 Å². The van der Waals surface area contributed by atoms with E-state index in [-0.39, 0.29) is 22.5 Å². The van der Waals surface area contributed by atoms with E-state index in [1.54, 1.807) is 26.2 Å². The maximum Gasteiger partial charge on any atom is 0.323 e. The maximum atomic E-state index is 14.8. The molecule has 0 aliphatic rings. The Morgan fingerprint density at radius 2 is 1.79 bits per heavy atom. The number of hydrogen-bond acceptors (Lipinski definition) is 4. The number of carbonyl (C=O) groups excluding carboxylic acids is 1. The van der Waals surface area contributed by atoms with Gasteiger partial charge in [0, 0.05) is 48.6 Å². The first kappa shape index (κ1) is 22.8. The highest BCUT2D eigenvalue weighted by Gasteiger charge is 2.18. The lowest BCUT2D eigenvalue weighted by Crippen LogP contribution is -2.22. The molecule has 174 valence electrons. The van der Waals surface area contributed by atoms with Gasteiger partial charge in [-0.25, -0.2) is 22.9 Å². The van der Waals surface area contributed by atoms with Crippen molar-refractivity contribution in [1.29, 1.82) is 0 Å². The molecule has 0 saturated heterocycles. The fraction of sp³-hybridized carbons (Fsp3) is 0.125. The van der Waals surface area contributed by atoms with Crippen LogP contribution in [-0.2, 0) is 6.54 Å². The van der Waals surface area contributed by atoms with E-state index >= 15 is 0 Å². The summed E-state index contributed by atoms with van der Waals surface area (Å²) in [5.74, 6) is -2.00. The van der Waals surface area contributed by atoms with Crippen LogP contribution < -0.4 is 21.5 Å². The summed E-state index contributed by atoms with van der Waals surface area (Å²) in [6.45, 7) is 2.08. The molecule has 0 radical (unpaired) electrons. The molecule has 0 spiro atoms. The minimum Gasteiger partial charge on any atom is -0.373 e. The molecule has 0 fully saturated rings. The first-order chi connectivity index (χ1) is 16.3. The number of carbonyl (C=O) groups is 1. The number of urea groups is 1. The molecule has 4 aromatic rings. The average Bonchev–Trinajstić information content (AvgIpc) is 2.80. The Balaban J connectivity index is 1.75. The molecule has 34 heavy (non-hydrogen) atoms. The molecule has 2 amide bonds. The first-order valence-corrected chi connectivity index (χ1v) is 10.3. The van der Waals surface area contributed by atoms with Gasteiger partial charge in [0.1, 0.15) is 23.3 Å². The Hall–Kier alpha value is -4.34. The second-order valence-corrected chi connectivity index (χ2v) is 7.39. The van der Waals surface area contributed by atoms with Gasteiger partial charge in [-0.05, 0) is 37.3 Å². The monoisotopic (exact) mass is 467 g/mol. The fourth-order valence-electron chi connectivity index (χ4n) is 3.62. The summed E-state index contributed by atoms with van der Waals surface area (Å²) in [5, 5.41) is 8.12. The number of aromatic nitrogens is 2. The zero-order valence-corrected chi connectivity index (χ0v) is 18.2. The van der Waals surface area contributed by atoms with E-state index in [1.165, 1.54) is 28.8 Å². The van der Waals surface area contributed by atoms with Crippen molar-refractivity contribution < 1.29 is 18.0 Å². The fourth-order valence-corrected chi connectivity index (χ4v) is 3.62. The van der Waals surface area contributed by atoms with E-state index in [2.05, 4.69) is 20.9 Å². The van der Waals surface area contributed by atoms with Gasteiger partial charge in [0.25, 0.3) is 5.56 Å². The highest BCUT2D eigenvalue weighted by molar-refractivity contribution is 6.00. The third-order valence-corrected chi connectivity index (χ3v) is 5.23. The Morgan fingerprint density at radius 3 is 2.50 bits per heavy atom. The van der Waals surface area contributed by atoms with Crippen LogP contribution in [0, 0.1) is 17.5 Å². The Bertz CT molecular complexity index is 1470. The zero-order chi connectivity index (χ0) is 24.4. The summed E-state index contributed by atoms with van der Waals surface area (Å²) in [7, 11) is 1.70. The number of aryl methyl sites for hydroxylation is 1. The summed E-state index contributed by atoms with van der Waals surface area (Å²) in [6, 6.07) is 9.09. The number of hydrogen-bond donors (Lipinski definition) is 3. The van der Waals surface area contributed by atoms with E-state index < -0.39 is 29.0 Å². The number of nitrogens with zero attached hydrogens (tertiary/aromatic N) is 2. The third-order valence-electron chi connectivity index (χ3n) is 5.23. The smallest absolute Gasteiger partial charge is 0.323 e. The quantitative estimate of drug-likeness (QED) is 0.377. The van der Waals surface area contributed by atoms with Gasteiger partial charge in [-0.2, -0.15) is 0 Å². The van der Waals surface area contributed by atoms with Gasteiger partial charge in [-0.3, -0.25) is 4.79 Å². The van der Waals surface area contributed by atoms with Crippen molar-refractivity contribution in [1.82, 2.24) is 9.55 Å². The highest BCUT2D eigenvalue weighted by Crippen LogP contribution is 2.29. The van der Waals surface area contributed by atoms with Gasteiger partial charge in [0.2, 0.25) is 0 Å². The van der Waals surface area contributed by atoms with Gasteiger partial charge >= 0.3 is 6.03 Å². The molecular formula is C24H20F3N5O2. The summed E-state index contributed by atoms with van der Waals surface area (Å²) >= 11 is 0. The molecule has 2 heterocycles. The van der Waals surface area contributed by atoms with E-state index in [1.807, 2.05) is 0 Å². The molecule has 10 heteroatoms. The van der Waals surface area contributed by atoms with Crippen LogP contribution >= 0.6 is 0 Å². The number of amides is 2. The van der Waals surface area contributed by atoms with E-state index in [4.69, 9.17) is 0 Å². The Kier molecular flexibility index (Phi) is 6.22. The molecule has 7 nitrogen and oxygen atoms in total. The molecule has 2 aromatic carbocycles. The van der Waals surface area contributed by atoms with Crippen molar-refractivity contribution in [3.8, 4) is 11.1 Å². The van der Waals surface area contributed by atoms with Crippen molar-refractivity contribution >= 4 is 34.1 Å². The minimum atomic E-state index is -1.03. The number of nitrogens with one attached hydrogen (secondary N) is 3. The first-order valence-electron chi connectivity index (χ1n) is 10.3. The van der Waals surface area contributed by atoms with Crippen LogP contribution in [0.4, 0.5) is 35.2 Å². The van der Waals surface area contributed by atoms with Crippen LogP contribution in [0.5, 0.6) is 0 Å². The van der Waals surface area contributed by atoms with Crippen molar-refractivity contribution in [2.24, 2.45) is 0 Å². The van der Waals surface area contributed by atoms with Gasteiger partial charge in [0.05, 0.1) is 16.8 Å². The van der Waals surface area contributed by atoms with E-state index in [0.717, 1.165) is 12.1 Å². The zero-order valence-electron chi connectivity index (χ0n) is 18.2. The molecule has 2 aromatic heterocycles. The maximum absolute atomic E-state index is 14.8. The van der Waals surface area contributed by atoms with Gasteiger partial charge in [-0.1, -0.05) is 6.07 Å². The minimum absolute atomic E-state index is 0.0144. The number of halogens is 3. The lowest BCUT2D eigenvalue weighted by Gasteiger charge is -2.14. The summed E-state index contributed by atoms with van der Waals surface area (Å²) in [6.07, 6.45) is 1.54. The molecule has 4 rings (SSSR count). The van der Waals surface area contributed by atoms with Crippen LogP contribution in [0.25, 0.3) is 22.0 Å². The summed E-state index contributed by atoms with van der Waals surface area (Å²) in [5.41, 5.74) is -0.283. The van der Waals surface area contributed by atoms with Crippen LogP contribution in [0.15, 0.2) is 59.5 Å². The molecule has 0 unspecified atom stereocenters. The van der Waals surface area contributed by atoms with Crippen LogP contribution in [-0.4, -0.2) is 22.6 Å². The van der Waals surface area contributed by atoms with Gasteiger partial charge in [0.15, 0.2) is 0 Å². The van der Waals surface area contributed by atoms with Crippen molar-refractivity contribution in [3.63, 3.8) is 0 Å². The number of pyridine rings is 2. The number of rotatable bonds is 5. The second kappa shape index (κ2) is 9.26. The number of benzene rings is 2. The predicted molar refractivity (Wildman–Crippen MR) is 126 cm³/mol. The highest BCUT2D eigenvalue weighted by atomic mass is 19.1. The van der Waals surface area contributed by atoms with Crippen molar-refractivity contribution in [2.45, 2.75) is 13.5 Å². The lowest BCUT2D eigenvalue weighted by molar-refractivity contribution is 0.262. The molecule has 0 atom stereocenters. The Labute approximate surface area is 192 Å². The Morgan fingerprint density at radius 1 is 1.00 bits per heavy atom. The largest absolute Gasteiger partial charge is 0.373 e. The van der Waals surface area contributed by atoms with E-state index in [0.29, 0.717) is 29.3 Å². The number of anilines is 3. The SMILES string of the molecule is CCn1c(=O)c(-c2cc(NC(=O)Nc3cccc(F)c3)c(F)cc2F)cc2cnc(NC)cc21. The second-order valence-electron chi connectivity index (χ2n) is 7.39. The number of fused-ring (bicyclic) bond motifs is 1. The van der Waals surface area contributed by atoms with Gasteiger partial charge in [-0.15, -0.1) is 0 Å². The van der Waals surface area contributed by atoms with E-state index in [9.17, 15) is 22.8 Å². The molecule has 0 saturated carbocycles. The predicted octanol–water partition coefficient (Wildman–Crippen LogP) is 5.19. The third kappa shape index (κ3) is 4.42. The summed E-state index contributed by atoms with van der Waals surface area (Å²) in [4.78, 5) is 29.7. The van der Waals surface area contributed by atoms with Crippen molar-refractivity contribution in [3.05, 3.63) is 82.5 Å². The summed E-state index contributed by atoms with van der Waals surface area (Å²) < 4.78 is 44.0. The van der Waals surface area contributed by atoms with Crippen LogP contribution in [0.1, 0.15) is 6.92 Å². The average molecular weight is 467 g/mol. The molecule has 0 bridgehead atoms. The standard InChI is InChI=1S/C24H20F3N5O2/c1-3-32-21-11-22(28-2)29-12-13(21)7-17(23(32)33)16-9-20(19(27)10-18(16)26)31-24(34)30-15-6-4-5-14(25)8-15/h4-12H,3H2,1-2H3,(H,28,29)(H2,30,31,34). The topological polar surface area (TPSA) is 88.1 Å².